The lowest BCUT2D eigenvalue weighted by Gasteiger charge is -2.44. The van der Waals surface area contributed by atoms with Crippen LogP contribution in [0.15, 0.2) is 113 Å². The van der Waals surface area contributed by atoms with E-state index in [0.29, 0.717) is 40.4 Å². The fraction of sp³-hybridized carbons (Fsp3) is 0.239. The zero-order valence-electron chi connectivity index (χ0n) is 31.1. The Balaban J connectivity index is 1.18. The Kier molecular flexibility index (Phi) is 10.1. The van der Waals surface area contributed by atoms with Crippen LogP contribution in [0.1, 0.15) is 76.1 Å². The smallest absolute Gasteiger partial charge is 0.335 e. The van der Waals surface area contributed by atoms with Crippen molar-refractivity contribution in [2.45, 2.75) is 52.1 Å². The molecule has 8 rings (SSSR count). The SMILES string of the molecule is CCOc1cc(/C=C2\C(=O)NC(=O)N(c3cc4c5c(c3)[C@@H](c3ccccc3)CCN5CC[C@@H]4c3ccccc3)C2=O)cc(Br)c1OCc1ccc(C)c(C)c1. The number of barbiturate groups is 1. The fourth-order valence-electron chi connectivity index (χ4n) is 8.15. The Morgan fingerprint density at radius 2 is 1.42 bits per heavy atom. The summed E-state index contributed by atoms with van der Waals surface area (Å²) in [6, 6.07) is 33.7. The molecule has 0 bridgehead atoms. The molecule has 5 aromatic rings. The third-order valence-corrected chi connectivity index (χ3v) is 11.5. The van der Waals surface area contributed by atoms with Gasteiger partial charge in [-0.05, 0) is 124 Å². The Labute approximate surface area is 329 Å². The molecule has 0 aliphatic carbocycles. The van der Waals surface area contributed by atoms with Gasteiger partial charge >= 0.3 is 6.03 Å². The molecule has 0 spiro atoms. The molecule has 2 atom stereocenters. The normalized spacial score (nSPS) is 18.6. The van der Waals surface area contributed by atoms with Gasteiger partial charge in [0.2, 0.25) is 0 Å². The quantitative estimate of drug-likeness (QED) is 0.118. The number of carbonyl (C=O) groups is 3. The van der Waals surface area contributed by atoms with Crippen molar-refractivity contribution in [2.24, 2.45) is 0 Å². The second-order valence-electron chi connectivity index (χ2n) is 14.4. The average Bonchev–Trinajstić information content (AvgIpc) is 3.18. The lowest BCUT2D eigenvalue weighted by Crippen LogP contribution is -2.54. The Bertz CT molecular complexity index is 2270. The molecule has 3 heterocycles. The first-order valence-electron chi connectivity index (χ1n) is 18.8. The molecule has 0 radical (unpaired) electrons. The van der Waals surface area contributed by atoms with Crippen molar-refractivity contribution >= 4 is 51.2 Å². The van der Waals surface area contributed by atoms with Crippen LogP contribution in [0.3, 0.4) is 0 Å². The van der Waals surface area contributed by atoms with Crippen LogP contribution in [0, 0.1) is 13.8 Å². The second kappa shape index (κ2) is 15.2. The summed E-state index contributed by atoms with van der Waals surface area (Å²) < 4.78 is 12.8. The van der Waals surface area contributed by atoms with Crippen molar-refractivity contribution in [3.63, 3.8) is 0 Å². The van der Waals surface area contributed by atoms with Gasteiger partial charge in [-0.25, -0.2) is 9.69 Å². The third kappa shape index (κ3) is 7.05. The molecule has 1 fully saturated rings. The van der Waals surface area contributed by atoms with Crippen LogP contribution < -0.4 is 24.6 Å². The molecule has 1 N–H and O–H groups in total. The van der Waals surface area contributed by atoms with Gasteiger partial charge < -0.3 is 14.4 Å². The number of urea groups is 1. The number of ether oxygens (including phenoxy) is 2. The minimum absolute atomic E-state index is 0.0744. The van der Waals surface area contributed by atoms with E-state index in [2.05, 4.69) is 76.4 Å². The summed E-state index contributed by atoms with van der Waals surface area (Å²) in [5, 5.41) is 2.45. The number of hydrogen-bond donors (Lipinski definition) is 1. The van der Waals surface area contributed by atoms with Crippen LogP contribution in [0.5, 0.6) is 11.5 Å². The summed E-state index contributed by atoms with van der Waals surface area (Å²) in [5.41, 5.74) is 9.92. The minimum atomic E-state index is -0.776. The van der Waals surface area contributed by atoms with E-state index in [1.54, 1.807) is 12.1 Å². The van der Waals surface area contributed by atoms with Gasteiger partial charge in [-0.15, -0.1) is 0 Å². The van der Waals surface area contributed by atoms with Gasteiger partial charge in [-0.3, -0.25) is 14.9 Å². The van der Waals surface area contributed by atoms with Crippen LogP contribution >= 0.6 is 15.9 Å². The number of amides is 4. The van der Waals surface area contributed by atoms with Gasteiger partial charge in [0.25, 0.3) is 11.8 Å². The third-order valence-electron chi connectivity index (χ3n) is 11.0. The zero-order valence-corrected chi connectivity index (χ0v) is 32.7. The van der Waals surface area contributed by atoms with Crippen molar-refractivity contribution in [2.75, 3.05) is 29.5 Å². The van der Waals surface area contributed by atoms with Crippen molar-refractivity contribution in [1.82, 2.24) is 5.32 Å². The maximum absolute atomic E-state index is 14.5. The van der Waals surface area contributed by atoms with Crippen molar-refractivity contribution in [1.29, 1.82) is 0 Å². The number of rotatable bonds is 9. The summed E-state index contributed by atoms with van der Waals surface area (Å²) in [6.07, 6.45) is 3.31. The molecule has 0 unspecified atom stereocenters. The van der Waals surface area contributed by atoms with Crippen LogP contribution in [0.4, 0.5) is 16.2 Å². The summed E-state index contributed by atoms with van der Waals surface area (Å²) in [7, 11) is 0. The first-order valence-corrected chi connectivity index (χ1v) is 19.6. The lowest BCUT2D eigenvalue weighted by atomic mass is 9.76. The number of carbonyl (C=O) groups excluding carboxylic acids is 3. The summed E-state index contributed by atoms with van der Waals surface area (Å²) in [6.45, 7) is 8.55. The van der Waals surface area contributed by atoms with E-state index in [-0.39, 0.29) is 17.4 Å². The number of nitrogens with zero attached hydrogens (tertiary/aromatic N) is 2. The number of aryl methyl sites for hydroxylation is 2. The molecule has 0 saturated carbocycles. The topological polar surface area (TPSA) is 88.2 Å². The fourth-order valence-corrected chi connectivity index (χ4v) is 8.72. The van der Waals surface area contributed by atoms with E-state index >= 15 is 0 Å². The molecular formula is C46H42BrN3O5. The monoisotopic (exact) mass is 795 g/mol. The molecular weight excluding hydrogens is 754 g/mol. The highest BCUT2D eigenvalue weighted by Gasteiger charge is 2.40. The Morgan fingerprint density at radius 3 is 2.02 bits per heavy atom. The number of imide groups is 2. The van der Waals surface area contributed by atoms with Crippen molar-refractivity contribution < 1.29 is 23.9 Å². The van der Waals surface area contributed by atoms with E-state index in [9.17, 15) is 14.4 Å². The van der Waals surface area contributed by atoms with Gasteiger partial charge in [-0.2, -0.15) is 0 Å². The predicted molar refractivity (Wildman–Crippen MR) is 219 cm³/mol. The van der Waals surface area contributed by atoms with Gasteiger partial charge in [0.05, 0.1) is 16.8 Å². The largest absolute Gasteiger partial charge is 0.490 e. The van der Waals surface area contributed by atoms with Gasteiger partial charge in [0.1, 0.15) is 12.2 Å². The number of halogens is 1. The van der Waals surface area contributed by atoms with Crippen molar-refractivity contribution in [3.05, 3.63) is 158 Å². The standard InChI is InChI=1S/C46H42BrN3O5/c1-4-54-41-24-31(23-40(47)43(41)55-27-30-16-15-28(2)29(3)21-30)22-39-44(51)48-46(53)50(45(39)52)34-25-37-35(32-11-7-5-8-12-32)17-19-49-20-18-36(38(26-34)42(37)49)33-13-9-6-10-14-33/h5-16,21-26,35-36H,4,17-20,27H2,1-3H3,(H,48,51,53)/b39-22+/t35-,36-/m1/s1. The molecule has 1 saturated heterocycles. The van der Waals surface area contributed by atoms with E-state index in [4.69, 9.17) is 9.47 Å². The number of nitrogens with one attached hydrogen (secondary N) is 1. The highest BCUT2D eigenvalue weighted by Crippen LogP contribution is 2.50. The van der Waals surface area contributed by atoms with E-state index in [0.717, 1.165) is 47.5 Å². The molecule has 5 aromatic carbocycles. The average molecular weight is 797 g/mol. The lowest BCUT2D eigenvalue weighted by molar-refractivity contribution is -0.122. The molecule has 4 amide bonds. The molecule has 9 heteroatoms. The van der Waals surface area contributed by atoms with Crippen LogP contribution in [-0.4, -0.2) is 37.5 Å². The van der Waals surface area contributed by atoms with Crippen molar-refractivity contribution in [3.8, 4) is 11.5 Å². The van der Waals surface area contributed by atoms with Crippen LogP contribution in [0.2, 0.25) is 0 Å². The molecule has 3 aliphatic rings. The molecule has 3 aliphatic heterocycles. The summed E-state index contributed by atoms with van der Waals surface area (Å²) >= 11 is 3.64. The maximum atomic E-state index is 14.5. The molecule has 8 nitrogen and oxygen atoms in total. The zero-order chi connectivity index (χ0) is 38.2. The second-order valence-corrected chi connectivity index (χ2v) is 15.2. The number of anilines is 2. The number of benzene rings is 5. The first kappa shape index (κ1) is 36.3. The predicted octanol–water partition coefficient (Wildman–Crippen LogP) is 9.59. The van der Waals surface area contributed by atoms with Gasteiger partial charge in [-0.1, -0.05) is 78.9 Å². The van der Waals surface area contributed by atoms with E-state index in [1.807, 2.05) is 61.5 Å². The van der Waals surface area contributed by atoms with E-state index < -0.39 is 17.8 Å². The Morgan fingerprint density at radius 1 is 0.782 bits per heavy atom. The highest BCUT2D eigenvalue weighted by molar-refractivity contribution is 9.10. The van der Waals surface area contributed by atoms with Crippen LogP contribution in [0.25, 0.3) is 6.08 Å². The molecule has 0 aromatic heterocycles. The van der Waals surface area contributed by atoms with Gasteiger partial charge in [0, 0.05) is 30.6 Å². The molecule has 278 valence electrons. The Hall–Kier alpha value is -5.67. The van der Waals surface area contributed by atoms with Crippen LogP contribution in [-0.2, 0) is 16.2 Å². The minimum Gasteiger partial charge on any atom is -0.490 e. The molecule has 55 heavy (non-hydrogen) atoms. The summed E-state index contributed by atoms with van der Waals surface area (Å²) in [5.74, 6) is -0.333. The maximum Gasteiger partial charge on any atom is 0.335 e. The number of hydrogen-bond acceptors (Lipinski definition) is 6. The summed E-state index contributed by atoms with van der Waals surface area (Å²) in [4.78, 5) is 45.2. The van der Waals surface area contributed by atoms with Gasteiger partial charge in [0.15, 0.2) is 11.5 Å². The van der Waals surface area contributed by atoms with E-state index in [1.165, 1.54) is 34.0 Å². The first-order chi connectivity index (χ1) is 26.7. The highest BCUT2D eigenvalue weighted by atomic mass is 79.9.